The number of oxazole rings is 1. The highest BCUT2D eigenvalue weighted by molar-refractivity contribution is 6.30. The van der Waals surface area contributed by atoms with Crippen LogP contribution in [0.1, 0.15) is 25.0 Å². The van der Waals surface area contributed by atoms with Crippen molar-refractivity contribution in [2.75, 3.05) is 0 Å². The van der Waals surface area contributed by atoms with E-state index in [1.807, 2.05) is 0 Å². The number of rotatable bonds is 4. The summed E-state index contributed by atoms with van der Waals surface area (Å²) in [6.45, 7) is 1.75. The van der Waals surface area contributed by atoms with Gasteiger partial charge in [-0.1, -0.05) is 30.7 Å². The average molecular weight is 300 g/mol. The van der Waals surface area contributed by atoms with E-state index in [-0.39, 0.29) is 17.7 Å². The predicted molar refractivity (Wildman–Crippen MR) is 72.6 cm³/mol. The Morgan fingerprint density at radius 1 is 1.37 bits per heavy atom. The van der Waals surface area contributed by atoms with Gasteiger partial charge in [-0.15, -0.1) is 0 Å². The number of aliphatic carboxylic acids is 1. The second-order valence-corrected chi connectivity index (χ2v) is 4.95. The summed E-state index contributed by atoms with van der Waals surface area (Å²) in [5.41, 5.74) is 1.34. The Labute approximate surface area is 120 Å². The van der Waals surface area contributed by atoms with Crippen LogP contribution >= 0.6 is 23.2 Å². The van der Waals surface area contributed by atoms with E-state index in [4.69, 9.17) is 32.7 Å². The molecular weight excluding hydrogens is 289 g/mol. The standard InChI is InChI=1S/C13H11Cl2NO3/c1-7(6-10(17)18)12-11(16-13(15)19-12)8-2-4-9(14)5-3-8/h2-5,7H,6H2,1H3,(H,17,18). The zero-order valence-electron chi connectivity index (χ0n) is 10.1. The van der Waals surface area contributed by atoms with E-state index < -0.39 is 5.97 Å². The smallest absolute Gasteiger partial charge is 0.304 e. The van der Waals surface area contributed by atoms with Gasteiger partial charge in [-0.25, -0.2) is 0 Å². The quantitative estimate of drug-likeness (QED) is 0.918. The van der Waals surface area contributed by atoms with Gasteiger partial charge in [-0.05, 0) is 23.7 Å². The summed E-state index contributed by atoms with van der Waals surface area (Å²) in [5, 5.41) is 9.44. The Kier molecular flexibility index (Phi) is 4.12. The first-order valence-corrected chi connectivity index (χ1v) is 6.37. The molecule has 1 aromatic carbocycles. The average Bonchev–Trinajstić information content (AvgIpc) is 2.71. The monoisotopic (exact) mass is 299 g/mol. The molecule has 0 bridgehead atoms. The molecule has 0 aliphatic heterocycles. The molecule has 1 heterocycles. The minimum atomic E-state index is -0.901. The molecule has 0 fully saturated rings. The van der Waals surface area contributed by atoms with Gasteiger partial charge in [0.2, 0.25) is 0 Å². The van der Waals surface area contributed by atoms with Crippen LogP contribution in [0.3, 0.4) is 0 Å². The fraction of sp³-hybridized carbons (Fsp3) is 0.231. The van der Waals surface area contributed by atoms with Crippen molar-refractivity contribution in [2.24, 2.45) is 0 Å². The number of aromatic nitrogens is 1. The van der Waals surface area contributed by atoms with Crippen molar-refractivity contribution in [1.29, 1.82) is 0 Å². The first-order chi connectivity index (χ1) is 8.97. The molecule has 0 aliphatic carbocycles. The molecular formula is C13H11Cl2NO3. The molecule has 2 rings (SSSR count). The Hall–Kier alpha value is -1.52. The third kappa shape index (κ3) is 3.28. The molecule has 1 N–H and O–H groups in total. The Balaban J connectivity index is 2.40. The molecule has 100 valence electrons. The number of carboxylic acid groups (broad SMARTS) is 1. The predicted octanol–water partition coefficient (Wildman–Crippen LogP) is 4.23. The van der Waals surface area contributed by atoms with Crippen molar-refractivity contribution in [3.63, 3.8) is 0 Å². The van der Waals surface area contributed by atoms with Gasteiger partial charge in [0.05, 0.1) is 6.42 Å². The van der Waals surface area contributed by atoms with E-state index >= 15 is 0 Å². The molecule has 0 radical (unpaired) electrons. The van der Waals surface area contributed by atoms with Crippen molar-refractivity contribution < 1.29 is 14.3 Å². The second kappa shape index (κ2) is 5.63. The Bertz CT molecular complexity index is 592. The first kappa shape index (κ1) is 13.9. The van der Waals surface area contributed by atoms with Gasteiger partial charge >= 0.3 is 5.97 Å². The molecule has 0 aliphatic rings. The van der Waals surface area contributed by atoms with E-state index in [9.17, 15) is 4.79 Å². The minimum absolute atomic E-state index is 0.00260. The molecule has 1 atom stereocenters. The highest BCUT2D eigenvalue weighted by Crippen LogP contribution is 2.33. The topological polar surface area (TPSA) is 63.3 Å². The highest BCUT2D eigenvalue weighted by Gasteiger charge is 2.21. The van der Waals surface area contributed by atoms with Gasteiger partial charge in [-0.2, -0.15) is 4.98 Å². The highest BCUT2D eigenvalue weighted by atomic mass is 35.5. The van der Waals surface area contributed by atoms with Crippen molar-refractivity contribution >= 4 is 29.2 Å². The Morgan fingerprint density at radius 2 is 2.00 bits per heavy atom. The SMILES string of the molecule is CC(CC(=O)O)c1oc(Cl)nc1-c1ccc(Cl)cc1. The van der Waals surface area contributed by atoms with Gasteiger partial charge in [0.25, 0.3) is 5.35 Å². The van der Waals surface area contributed by atoms with Crippen LogP contribution in [0.2, 0.25) is 10.4 Å². The molecule has 0 saturated heterocycles. The molecule has 19 heavy (non-hydrogen) atoms. The normalized spacial score (nSPS) is 12.4. The van der Waals surface area contributed by atoms with Crippen LogP contribution < -0.4 is 0 Å². The summed E-state index contributed by atoms with van der Waals surface area (Å²) in [7, 11) is 0. The molecule has 1 unspecified atom stereocenters. The summed E-state index contributed by atoms with van der Waals surface area (Å²) in [6.07, 6.45) is -0.0495. The summed E-state index contributed by atoms with van der Waals surface area (Å²) in [4.78, 5) is 14.9. The first-order valence-electron chi connectivity index (χ1n) is 5.61. The lowest BCUT2D eigenvalue weighted by Gasteiger charge is -2.07. The number of benzene rings is 1. The molecule has 6 heteroatoms. The van der Waals surface area contributed by atoms with E-state index in [0.717, 1.165) is 5.56 Å². The van der Waals surface area contributed by atoms with Crippen LogP contribution in [-0.2, 0) is 4.79 Å². The van der Waals surface area contributed by atoms with Gasteiger partial charge in [0.15, 0.2) is 0 Å². The van der Waals surface area contributed by atoms with E-state index in [1.54, 1.807) is 31.2 Å². The number of hydrogen-bond acceptors (Lipinski definition) is 3. The van der Waals surface area contributed by atoms with Gasteiger partial charge < -0.3 is 9.52 Å². The van der Waals surface area contributed by atoms with E-state index in [1.165, 1.54) is 0 Å². The van der Waals surface area contributed by atoms with Crippen molar-refractivity contribution in [3.8, 4) is 11.3 Å². The number of hydrogen-bond donors (Lipinski definition) is 1. The molecule has 2 aromatic rings. The summed E-state index contributed by atoms with van der Waals surface area (Å²) < 4.78 is 5.32. The molecule has 4 nitrogen and oxygen atoms in total. The lowest BCUT2D eigenvalue weighted by molar-refractivity contribution is -0.137. The molecule has 0 amide bonds. The zero-order valence-corrected chi connectivity index (χ0v) is 11.6. The zero-order chi connectivity index (χ0) is 14.0. The maximum Gasteiger partial charge on any atom is 0.304 e. The molecule has 1 aromatic heterocycles. The van der Waals surface area contributed by atoms with Crippen LogP contribution in [0, 0.1) is 0 Å². The third-order valence-corrected chi connectivity index (χ3v) is 3.09. The van der Waals surface area contributed by atoms with Crippen molar-refractivity contribution in [3.05, 3.63) is 40.4 Å². The maximum absolute atomic E-state index is 10.8. The third-order valence-electron chi connectivity index (χ3n) is 2.67. The number of carboxylic acids is 1. The largest absolute Gasteiger partial charge is 0.481 e. The fourth-order valence-electron chi connectivity index (χ4n) is 1.81. The van der Waals surface area contributed by atoms with Crippen LogP contribution in [0.4, 0.5) is 0 Å². The van der Waals surface area contributed by atoms with Gasteiger partial charge in [0, 0.05) is 16.5 Å². The van der Waals surface area contributed by atoms with Crippen LogP contribution in [0.15, 0.2) is 28.7 Å². The summed E-state index contributed by atoms with van der Waals surface area (Å²) in [6, 6.07) is 7.03. The van der Waals surface area contributed by atoms with Gasteiger partial charge in [0.1, 0.15) is 11.5 Å². The summed E-state index contributed by atoms with van der Waals surface area (Å²) >= 11 is 11.6. The van der Waals surface area contributed by atoms with Gasteiger partial charge in [-0.3, -0.25) is 4.79 Å². The maximum atomic E-state index is 10.8. The lowest BCUT2D eigenvalue weighted by atomic mass is 10.00. The number of carbonyl (C=O) groups is 1. The summed E-state index contributed by atoms with van der Waals surface area (Å²) in [5.74, 6) is -0.750. The van der Waals surface area contributed by atoms with E-state index in [2.05, 4.69) is 4.98 Å². The van der Waals surface area contributed by atoms with Crippen molar-refractivity contribution in [2.45, 2.75) is 19.3 Å². The van der Waals surface area contributed by atoms with Crippen molar-refractivity contribution in [1.82, 2.24) is 4.98 Å². The number of nitrogens with zero attached hydrogens (tertiary/aromatic N) is 1. The number of halogens is 2. The minimum Gasteiger partial charge on any atom is -0.481 e. The van der Waals surface area contributed by atoms with Crippen LogP contribution in [-0.4, -0.2) is 16.1 Å². The van der Waals surface area contributed by atoms with Crippen LogP contribution in [0.5, 0.6) is 0 Å². The molecule has 0 saturated carbocycles. The fourth-order valence-corrected chi connectivity index (χ4v) is 2.10. The van der Waals surface area contributed by atoms with Crippen LogP contribution in [0.25, 0.3) is 11.3 Å². The Morgan fingerprint density at radius 3 is 2.58 bits per heavy atom. The molecule has 0 spiro atoms. The van der Waals surface area contributed by atoms with E-state index in [0.29, 0.717) is 16.5 Å². The second-order valence-electron chi connectivity index (χ2n) is 4.19. The lowest BCUT2D eigenvalue weighted by Crippen LogP contribution is -2.03.